The lowest BCUT2D eigenvalue weighted by atomic mass is 10.1. The molecule has 0 amide bonds. The van der Waals surface area contributed by atoms with Crippen molar-refractivity contribution in [2.45, 2.75) is 18.8 Å². The molecule has 4 heterocycles. The Morgan fingerprint density at radius 1 is 0.761 bits per heavy atom. The second-order valence-corrected chi connectivity index (χ2v) is 12.7. The van der Waals surface area contributed by atoms with E-state index in [1.54, 1.807) is 24.3 Å². The first-order chi connectivity index (χ1) is 22.4. The molecule has 0 saturated heterocycles. The number of methoxy groups -OCH3 is 2. The monoisotopic (exact) mass is 660 g/mol. The van der Waals surface area contributed by atoms with Crippen molar-refractivity contribution in [1.82, 2.24) is 30.4 Å². The molecule has 4 aromatic heterocycles. The van der Waals surface area contributed by atoms with Crippen LogP contribution in [-0.2, 0) is 0 Å². The summed E-state index contributed by atoms with van der Waals surface area (Å²) in [5.41, 5.74) is 10.5. The molecule has 7 aromatic rings. The Bertz CT molecular complexity index is 2270. The van der Waals surface area contributed by atoms with Gasteiger partial charge in [0.05, 0.1) is 51.5 Å². The molecule has 232 valence electrons. The number of hydrazine groups is 1. The number of aromatic nitrogens is 6. The molecular formula is C31H23F3N8O2S2. The number of nitrogens with one attached hydrogen (secondary N) is 4. The van der Waals surface area contributed by atoms with Crippen LogP contribution >= 0.6 is 22.7 Å². The Morgan fingerprint density at radius 3 is 1.93 bits per heavy atom. The number of hydrogen-bond donors (Lipinski definition) is 4. The average Bonchev–Trinajstić information content (AvgIpc) is 3.35. The third kappa shape index (κ3) is 4.87. The fourth-order valence-electron chi connectivity index (χ4n) is 5.31. The van der Waals surface area contributed by atoms with Crippen LogP contribution < -0.4 is 20.3 Å². The van der Waals surface area contributed by atoms with Gasteiger partial charge in [-0.2, -0.15) is 10.2 Å². The van der Waals surface area contributed by atoms with E-state index in [0.29, 0.717) is 54.2 Å². The van der Waals surface area contributed by atoms with Crippen molar-refractivity contribution in [3.05, 3.63) is 71.7 Å². The second kappa shape index (κ2) is 11.0. The molecule has 1 aliphatic carbocycles. The predicted molar refractivity (Wildman–Crippen MR) is 172 cm³/mol. The number of H-pyrrole nitrogens is 2. The van der Waals surface area contributed by atoms with Gasteiger partial charge in [-0.3, -0.25) is 21.0 Å². The number of nitrogens with zero attached hydrogens (tertiary/aromatic N) is 4. The SMILES string of the molecule is COc1cc2sc(-c3c(-c4cccc(F)c4)n[nH]c3NNc3[nH]nc(C4CC4)c3-c3nc4cc(F)c(OC)cc4s3)nc2cc1F. The molecule has 0 radical (unpaired) electrons. The van der Waals surface area contributed by atoms with E-state index < -0.39 is 17.5 Å². The molecule has 15 heteroatoms. The van der Waals surface area contributed by atoms with Gasteiger partial charge in [0.1, 0.15) is 21.5 Å². The summed E-state index contributed by atoms with van der Waals surface area (Å²) in [6, 6.07) is 12.0. The van der Waals surface area contributed by atoms with Crippen molar-refractivity contribution in [2.24, 2.45) is 0 Å². The van der Waals surface area contributed by atoms with E-state index in [9.17, 15) is 13.2 Å². The zero-order valence-corrected chi connectivity index (χ0v) is 25.8. The van der Waals surface area contributed by atoms with Crippen LogP contribution in [0.5, 0.6) is 11.5 Å². The molecule has 0 bridgehead atoms. The summed E-state index contributed by atoms with van der Waals surface area (Å²) in [7, 11) is 2.83. The van der Waals surface area contributed by atoms with E-state index in [4.69, 9.17) is 19.4 Å². The van der Waals surface area contributed by atoms with Gasteiger partial charge in [-0.15, -0.1) is 22.7 Å². The van der Waals surface area contributed by atoms with Crippen molar-refractivity contribution in [3.8, 4) is 43.9 Å². The van der Waals surface area contributed by atoms with Gasteiger partial charge in [-0.1, -0.05) is 12.1 Å². The smallest absolute Gasteiger partial charge is 0.167 e. The lowest BCUT2D eigenvalue weighted by molar-refractivity contribution is 0.387. The minimum Gasteiger partial charge on any atom is -0.494 e. The van der Waals surface area contributed by atoms with Gasteiger partial charge in [0, 0.05) is 35.7 Å². The fourth-order valence-corrected chi connectivity index (χ4v) is 7.38. The lowest BCUT2D eigenvalue weighted by Gasteiger charge is -2.10. The number of aromatic amines is 2. The maximum Gasteiger partial charge on any atom is 0.167 e. The van der Waals surface area contributed by atoms with Gasteiger partial charge in [0.25, 0.3) is 0 Å². The number of fused-ring (bicyclic) bond motifs is 2. The zero-order valence-electron chi connectivity index (χ0n) is 24.2. The zero-order chi connectivity index (χ0) is 31.5. The summed E-state index contributed by atoms with van der Waals surface area (Å²) < 4.78 is 55.1. The van der Waals surface area contributed by atoms with Crippen molar-refractivity contribution in [2.75, 3.05) is 25.1 Å². The molecule has 4 N–H and O–H groups in total. The van der Waals surface area contributed by atoms with Crippen LogP contribution in [0.3, 0.4) is 0 Å². The van der Waals surface area contributed by atoms with Gasteiger partial charge in [0.2, 0.25) is 0 Å². The fraction of sp³-hybridized carbons (Fsp3) is 0.161. The Hall–Kier alpha value is -5.15. The maximum atomic E-state index is 14.5. The van der Waals surface area contributed by atoms with E-state index in [0.717, 1.165) is 28.8 Å². The molecule has 0 spiro atoms. The molecule has 1 saturated carbocycles. The highest BCUT2D eigenvalue weighted by Crippen LogP contribution is 2.48. The van der Waals surface area contributed by atoms with E-state index in [2.05, 4.69) is 31.2 Å². The Kier molecular flexibility index (Phi) is 6.79. The van der Waals surface area contributed by atoms with Crippen LogP contribution in [0.2, 0.25) is 0 Å². The Balaban J connectivity index is 1.20. The predicted octanol–water partition coefficient (Wildman–Crippen LogP) is 8.10. The molecular weight excluding hydrogens is 638 g/mol. The number of rotatable bonds is 9. The number of thiazole rings is 2. The van der Waals surface area contributed by atoms with Crippen LogP contribution in [0, 0.1) is 17.5 Å². The minimum atomic E-state index is -0.529. The topological polar surface area (TPSA) is 126 Å². The van der Waals surface area contributed by atoms with Gasteiger partial charge in [-0.05, 0) is 25.0 Å². The molecule has 0 atom stereocenters. The van der Waals surface area contributed by atoms with Gasteiger partial charge >= 0.3 is 0 Å². The van der Waals surface area contributed by atoms with Crippen LogP contribution in [0.15, 0.2) is 48.5 Å². The third-order valence-corrected chi connectivity index (χ3v) is 9.76. The first-order valence-corrected chi connectivity index (χ1v) is 15.8. The van der Waals surface area contributed by atoms with E-state index in [-0.39, 0.29) is 17.4 Å². The summed E-state index contributed by atoms with van der Waals surface area (Å²) in [5.74, 6) is 0.0642. The molecule has 1 fully saturated rings. The third-order valence-electron chi connectivity index (χ3n) is 7.69. The molecule has 1 aliphatic rings. The number of anilines is 2. The molecule has 0 aliphatic heterocycles. The van der Waals surface area contributed by atoms with Crippen LogP contribution in [0.4, 0.5) is 24.8 Å². The molecule has 10 nitrogen and oxygen atoms in total. The lowest BCUT2D eigenvalue weighted by Crippen LogP contribution is -2.11. The van der Waals surface area contributed by atoms with Crippen LogP contribution in [0.1, 0.15) is 24.5 Å². The average molecular weight is 661 g/mol. The summed E-state index contributed by atoms with van der Waals surface area (Å²) in [6.45, 7) is 0. The highest BCUT2D eigenvalue weighted by molar-refractivity contribution is 7.22. The van der Waals surface area contributed by atoms with Gasteiger partial charge in [-0.25, -0.2) is 23.1 Å². The number of benzene rings is 3. The number of hydrogen-bond acceptors (Lipinski definition) is 10. The summed E-state index contributed by atoms with van der Waals surface area (Å²) in [5, 5.41) is 16.4. The van der Waals surface area contributed by atoms with Crippen molar-refractivity contribution >= 4 is 54.7 Å². The van der Waals surface area contributed by atoms with Gasteiger partial charge in [0.15, 0.2) is 34.8 Å². The summed E-state index contributed by atoms with van der Waals surface area (Å²) in [6.07, 6.45) is 2.01. The first-order valence-electron chi connectivity index (χ1n) is 14.1. The first kappa shape index (κ1) is 28.3. The molecule has 8 rings (SSSR count). The quantitative estimate of drug-likeness (QED) is 0.115. The highest BCUT2D eigenvalue weighted by atomic mass is 32.1. The summed E-state index contributed by atoms with van der Waals surface area (Å²) >= 11 is 2.72. The number of ether oxygens (including phenoxy) is 2. The normalized spacial score (nSPS) is 13.1. The van der Waals surface area contributed by atoms with E-state index >= 15 is 0 Å². The van der Waals surface area contributed by atoms with Crippen molar-refractivity contribution < 1.29 is 22.6 Å². The Morgan fingerprint density at radius 2 is 1.35 bits per heavy atom. The molecule has 0 unspecified atom stereocenters. The van der Waals surface area contributed by atoms with Crippen molar-refractivity contribution in [3.63, 3.8) is 0 Å². The highest BCUT2D eigenvalue weighted by Gasteiger charge is 2.32. The number of halogens is 3. The van der Waals surface area contributed by atoms with E-state index in [1.807, 2.05) is 0 Å². The summed E-state index contributed by atoms with van der Waals surface area (Å²) in [4.78, 5) is 9.42. The van der Waals surface area contributed by atoms with Crippen LogP contribution in [-0.4, -0.2) is 44.6 Å². The Labute approximate surface area is 266 Å². The van der Waals surface area contributed by atoms with Crippen LogP contribution in [0.25, 0.3) is 52.8 Å². The largest absolute Gasteiger partial charge is 0.494 e. The minimum absolute atomic E-state index is 0.106. The molecule has 3 aromatic carbocycles. The van der Waals surface area contributed by atoms with E-state index in [1.165, 1.54) is 61.2 Å². The second-order valence-electron chi connectivity index (χ2n) is 10.7. The maximum absolute atomic E-state index is 14.5. The van der Waals surface area contributed by atoms with Gasteiger partial charge < -0.3 is 9.47 Å². The van der Waals surface area contributed by atoms with Crippen molar-refractivity contribution in [1.29, 1.82) is 0 Å². The standard InChI is InChI=1S/C31H23F3N8O2S2/c1-43-20-11-22-18(9-16(20)33)35-30(45-22)24-26(13-6-7-13)37-39-28(24)41-42-29-25(27(38-40-29)14-4-3-5-15(32)8-14)31-36-19-10-17(34)21(44-2)12-23(19)46-31/h3-5,8-13H,6-7H2,1-2H3,(H2,37,39,41)(H2,38,40,42). The molecule has 46 heavy (non-hydrogen) atoms.